The van der Waals surface area contributed by atoms with Crippen LogP contribution < -0.4 is 4.90 Å². The van der Waals surface area contributed by atoms with Crippen molar-refractivity contribution in [1.29, 1.82) is 0 Å². The molecule has 1 amide bonds. The van der Waals surface area contributed by atoms with Gasteiger partial charge in [0.2, 0.25) is 0 Å². The number of benzene rings is 2. The number of nitrogens with zero attached hydrogens (tertiary/aromatic N) is 1. The minimum Gasteiger partial charge on any atom is -0.449 e. The van der Waals surface area contributed by atoms with Crippen molar-refractivity contribution in [2.24, 2.45) is 0 Å². The lowest BCUT2D eigenvalue weighted by molar-refractivity contribution is -0.126. The predicted octanol–water partition coefficient (Wildman–Crippen LogP) is 3.27. The van der Waals surface area contributed by atoms with Gasteiger partial charge in [-0.15, -0.1) is 0 Å². The first-order valence-electron chi connectivity index (χ1n) is 8.78. The lowest BCUT2D eigenvalue weighted by Crippen LogP contribution is -2.42. The average molecular weight is 422 g/mol. The van der Waals surface area contributed by atoms with Gasteiger partial charge in [0.15, 0.2) is 15.9 Å². The first-order valence-corrected chi connectivity index (χ1v) is 11.1. The highest BCUT2D eigenvalue weighted by molar-refractivity contribution is 7.90. The third-order valence-electron chi connectivity index (χ3n) is 4.57. The fourth-order valence-corrected chi connectivity index (χ4v) is 4.48. The molecule has 0 radical (unpaired) electrons. The molecule has 0 unspecified atom stereocenters. The van der Waals surface area contributed by atoms with E-state index >= 15 is 0 Å². The highest BCUT2D eigenvalue weighted by Gasteiger charge is 2.29. The summed E-state index contributed by atoms with van der Waals surface area (Å²) < 4.78 is 28.9. The average Bonchev–Trinajstić information content (AvgIpc) is 2.66. The molecule has 1 aliphatic heterocycles. The first kappa shape index (κ1) is 20.4. The molecule has 0 saturated carbocycles. The Labute approximate surface area is 169 Å². The van der Waals surface area contributed by atoms with E-state index in [2.05, 4.69) is 0 Å². The van der Waals surface area contributed by atoms with Crippen LogP contribution in [0.1, 0.15) is 29.3 Å². The molecule has 0 spiro atoms. The van der Waals surface area contributed by atoms with Crippen LogP contribution in [0.3, 0.4) is 0 Å². The molecular formula is C20H20ClNO5S. The van der Waals surface area contributed by atoms with Crippen LogP contribution in [0.2, 0.25) is 5.02 Å². The molecule has 6 nitrogen and oxygen atoms in total. The Kier molecular flexibility index (Phi) is 5.76. The smallest absolute Gasteiger partial charge is 0.338 e. The fourth-order valence-electron chi connectivity index (χ4n) is 3.18. The second kappa shape index (κ2) is 7.93. The molecule has 1 aliphatic rings. The molecule has 8 heteroatoms. The molecule has 0 bridgehead atoms. The van der Waals surface area contributed by atoms with Crippen LogP contribution in [-0.2, 0) is 25.8 Å². The van der Waals surface area contributed by atoms with Gasteiger partial charge in [0.1, 0.15) is 0 Å². The summed E-state index contributed by atoms with van der Waals surface area (Å²) in [6.07, 6.45) is 1.71. The molecule has 3 rings (SSSR count). The number of para-hydroxylation sites is 1. The van der Waals surface area contributed by atoms with Gasteiger partial charge >= 0.3 is 5.97 Å². The van der Waals surface area contributed by atoms with Gasteiger partial charge in [-0.25, -0.2) is 13.2 Å². The van der Waals surface area contributed by atoms with Gasteiger partial charge in [-0.2, -0.15) is 0 Å². The molecule has 0 aromatic heterocycles. The number of carbonyl (C=O) groups excluding carboxylic acids is 2. The normalized spacial score (nSPS) is 14.9. The minimum absolute atomic E-state index is 0.0171. The van der Waals surface area contributed by atoms with E-state index in [0.29, 0.717) is 6.54 Å². The van der Waals surface area contributed by atoms with E-state index in [1.165, 1.54) is 19.1 Å². The van der Waals surface area contributed by atoms with Crippen molar-refractivity contribution in [2.75, 3.05) is 17.7 Å². The molecule has 148 valence electrons. The van der Waals surface area contributed by atoms with E-state index in [0.717, 1.165) is 36.4 Å². The van der Waals surface area contributed by atoms with Gasteiger partial charge in [-0.1, -0.05) is 29.8 Å². The fraction of sp³-hybridized carbons (Fsp3) is 0.300. The van der Waals surface area contributed by atoms with Crippen LogP contribution in [-0.4, -0.2) is 39.2 Å². The Morgan fingerprint density at radius 2 is 1.89 bits per heavy atom. The zero-order valence-corrected chi connectivity index (χ0v) is 17.1. The number of halogens is 1. The second-order valence-corrected chi connectivity index (χ2v) is 9.08. The van der Waals surface area contributed by atoms with Crippen LogP contribution in [0.15, 0.2) is 47.4 Å². The van der Waals surface area contributed by atoms with Crippen molar-refractivity contribution in [2.45, 2.75) is 30.8 Å². The summed E-state index contributed by atoms with van der Waals surface area (Å²) in [5, 5.41) is 0.0214. The molecule has 0 saturated heterocycles. The largest absolute Gasteiger partial charge is 0.449 e. The standard InChI is InChI=1S/C20H20ClNO5S/c1-13(19(23)22-11-5-7-14-6-3-4-8-17(14)22)27-20(24)15-9-10-16(21)18(12-15)28(2,25)26/h3-4,6,8-10,12-13H,5,7,11H2,1-2H3/t13-/m1/s1. The van der Waals surface area contributed by atoms with Gasteiger partial charge in [-0.05, 0) is 49.6 Å². The Balaban J connectivity index is 1.78. The van der Waals surface area contributed by atoms with E-state index < -0.39 is 21.9 Å². The summed E-state index contributed by atoms with van der Waals surface area (Å²) in [6.45, 7) is 2.06. The molecule has 2 aromatic carbocycles. The van der Waals surface area contributed by atoms with Gasteiger partial charge in [0.25, 0.3) is 5.91 Å². The monoisotopic (exact) mass is 421 g/mol. The number of carbonyl (C=O) groups is 2. The summed E-state index contributed by atoms with van der Waals surface area (Å²) in [5.74, 6) is -1.11. The number of esters is 1. The van der Waals surface area contributed by atoms with Gasteiger partial charge in [0, 0.05) is 18.5 Å². The molecule has 2 aromatic rings. The molecule has 0 N–H and O–H groups in total. The second-order valence-electron chi connectivity index (χ2n) is 6.69. The zero-order valence-electron chi connectivity index (χ0n) is 15.5. The summed E-state index contributed by atoms with van der Waals surface area (Å²) in [7, 11) is -3.60. The van der Waals surface area contributed by atoms with Crippen molar-refractivity contribution < 1.29 is 22.7 Å². The number of hydrogen-bond acceptors (Lipinski definition) is 5. The number of aryl methyl sites for hydroxylation is 1. The zero-order chi connectivity index (χ0) is 20.5. The molecular weight excluding hydrogens is 402 g/mol. The number of fused-ring (bicyclic) bond motifs is 1. The third-order valence-corrected chi connectivity index (χ3v) is 6.15. The van der Waals surface area contributed by atoms with Crippen LogP contribution in [0.5, 0.6) is 0 Å². The van der Waals surface area contributed by atoms with Crippen molar-refractivity contribution in [3.05, 3.63) is 58.6 Å². The number of sulfone groups is 1. The van der Waals surface area contributed by atoms with Gasteiger partial charge < -0.3 is 9.64 Å². The van der Waals surface area contributed by atoms with Gasteiger partial charge in [0.05, 0.1) is 15.5 Å². The van der Waals surface area contributed by atoms with E-state index in [1.807, 2.05) is 24.3 Å². The lowest BCUT2D eigenvalue weighted by Gasteiger charge is -2.31. The summed E-state index contributed by atoms with van der Waals surface area (Å²) in [6, 6.07) is 11.5. The van der Waals surface area contributed by atoms with Crippen molar-refractivity contribution in [3.8, 4) is 0 Å². The van der Waals surface area contributed by atoms with E-state index in [9.17, 15) is 18.0 Å². The molecule has 28 heavy (non-hydrogen) atoms. The third kappa shape index (κ3) is 4.20. The maximum Gasteiger partial charge on any atom is 0.338 e. The maximum atomic E-state index is 12.8. The topological polar surface area (TPSA) is 80.8 Å². The summed E-state index contributed by atoms with van der Waals surface area (Å²) in [4.78, 5) is 26.8. The van der Waals surface area contributed by atoms with Crippen LogP contribution >= 0.6 is 11.6 Å². The number of ether oxygens (including phenoxy) is 1. The Bertz CT molecular complexity index is 1030. The number of rotatable bonds is 4. The molecule has 1 heterocycles. The number of amides is 1. The van der Waals surface area contributed by atoms with E-state index in [4.69, 9.17) is 16.3 Å². The number of anilines is 1. The highest BCUT2D eigenvalue weighted by Crippen LogP contribution is 2.28. The maximum absolute atomic E-state index is 12.8. The first-order chi connectivity index (χ1) is 13.2. The highest BCUT2D eigenvalue weighted by atomic mass is 35.5. The minimum atomic E-state index is -3.60. The van der Waals surface area contributed by atoms with Crippen LogP contribution in [0, 0.1) is 0 Å². The SMILES string of the molecule is C[C@@H](OC(=O)c1ccc(Cl)c(S(C)(=O)=O)c1)C(=O)N1CCCc2ccccc21. The van der Waals surface area contributed by atoms with E-state index in [1.54, 1.807) is 4.90 Å². The Morgan fingerprint density at radius 3 is 2.61 bits per heavy atom. The summed E-state index contributed by atoms with van der Waals surface area (Å²) in [5.41, 5.74) is 1.92. The Hall–Kier alpha value is -2.38. The molecule has 0 fully saturated rings. The predicted molar refractivity (Wildman–Crippen MR) is 107 cm³/mol. The van der Waals surface area contributed by atoms with Crippen molar-refractivity contribution >= 4 is 39.0 Å². The van der Waals surface area contributed by atoms with Crippen molar-refractivity contribution in [1.82, 2.24) is 0 Å². The lowest BCUT2D eigenvalue weighted by atomic mass is 10.0. The van der Waals surface area contributed by atoms with E-state index in [-0.39, 0.29) is 21.4 Å². The number of hydrogen-bond donors (Lipinski definition) is 0. The molecule has 1 atom stereocenters. The van der Waals surface area contributed by atoms with Crippen molar-refractivity contribution in [3.63, 3.8) is 0 Å². The Morgan fingerprint density at radius 1 is 1.18 bits per heavy atom. The molecule has 0 aliphatic carbocycles. The van der Waals surface area contributed by atoms with Gasteiger partial charge in [-0.3, -0.25) is 4.79 Å². The quantitative estimate of drug-likeness (QED) is 0.708. The van der Waals surface area contributed by atoms with Crippen LogP contribution in [0.4, 0.5) is 5.69 Å². The van der Waals surface area contributed by atoms with Crippen LogP contribution in [0.25, 0.3) is 0 Å². The summed E-state index contributed by atoms with van der Waals surface area (Å²) >= 11 is 5.90.